The number of fused-ring (bicyclic) bond motifs is 1. The highest BCUT2D eigenvalue weighted by Crippen LogP contribution is 2.41. The molecular formula is C16H19ClN2O. The van der Waals surface area contributed by atoms with E-state index in [0.717, 1.165) is 29.8 Å². The maximum absolute atomic E-state index is 11.1. The van der Waals surface area contributed by atoms with E-state index in [2.05, 4.69) is 30.2 Å². The molecule has 3 rings (SSSR count). The van der Waals surface area contributed by atoms with Gasteiger partial charge < -0.3 is 5.11 Å². The minimum Gasteiger partial charge on any atom is -0.385 e. The van der Waals surface area contributed by atoms with Crippen LogP contribution in [0.3, 0.4) is 0 Å². The first-order valence-electron chi connectivity index (χ1n) is 6.91. The van der Waals surface area contributed by atoms with Gasteiger partial charge in [0.15, 0.2) is 0 Å². The summed E-state index contributed by atoms with van der Waals surface area (Å²) in [5.41, 5.74) is 4.36. The lowest BCUT2D eigenvalue weighted by Crippen LogP contribution is -2.26. The molecule has 0 amide bonds. The molecular weight excluding hydrogens is 272 g/mol. The van der Waals surface area contributed by atoms with E-state index in [-0.39, 0.29) is 0 Å². The van der Waals surface area contributed by atoms with Crippen molar-refractivity contribution in [1.82, 2.24) is 9.78 Å². The zero-order valence-corrected chi connectivity index (χ0v) is 12.8. The number of hydrogen-bond donors (Lipinski definition) is 1. The van der Waals surface area contributed by atoms with E-state index in [0.29, 0.717) is 11.4 Å². The minimum absolute atomic E-state index is 0.514. The molecule has 1 atom stereocenters. The number of benzene rings is 1. The predicted octanol–water partition coefficient (Wildman–Crippen LogP) is 3.07. The summed E-state index contributed by atoms with van der Waals surface area (Å²) >= 11 is 6.32. The van der Waals surface area contributed by atoms with Gasteiger partial charge in [-0.15, -0.1) is 0 Å². The molecule has 1 N–H and O–H groups in total. The van der Waals surface area contributed by atoms with Crippen molar-refractivity contribution in [3.05, 3.63) is 51.3 Å². The van der Waals surface area contributed by atoms with Gasteiger partial charge in [0, 0.05) is 13.5 Å². The van der Waals surface area contributed by atoms with Crippen LogP contribution in [-0.4, -0.2) is 14.9 Å². The van der Waals surface area contributed by atoms with Gasteiger partial charge in [0.05, 0.1) is 22.0 Å². The maximum atomic E-state index is 11.1. The average molecular weight is 291 g/mol. The van der Waals surface area contributed by atoms with Crippen molar-refractivity contribution < 1.29 is 5.11 Å². The van der Waals surface area contributed by atoms with Gasteiger partial charge in [0.1, 0.15) is 0 Å². The van der Waals surface area contributed by atoms with Crippen LogP contribution in [0.15, 0.2) is 18.2 Å². The molecule has 4 heteroatoms. The molecule has 0 bridgehead atoms. The second-order valence-corrected chi connectivity index (χ2v) is 6.22. The molecule has 2 aromatic rings. The lowest BCUT2D eigenvalue weighted by molar-refractivity contribution is 0.0370. The Hall–Kier alpha value is -1.32. The number of aryl methyl sites for hydroxylation is 4. The molecule has 20 heavy (non-hydrogen) atoms. The molecule has 106 valence electrons. The van der Waals surface area contributed by atoms with Gasteiger partial charge in [-0.2, -0.15) is 5.10 Å². The standard InChI is InChI=1S/C16H19ClN2O/c1-10-4-5-12-6-7-16(20,13(12)8-10)9-14-15(17)11(2)18-19(14)3/h4-5,8,20H,6-7,9H2,1-3H3. The van der Waals surface area contributed by atoms with Crippen molar-refractivity contribution in [3.63, 3.8) is 0 Å². The van der Waals surface area contributed by atoms with E-state index in [9.17, 15) is 5.11 Å². The van der Waals surface area contributed by atoms with Crippen LogP contribution < -0.4 is 0 Å². The van der Waals surface area contributed by atoms with Crippen molar-refractivity contribution in [1.29, 1.82) is 0 Å². The van der Waals surface area contributed by atoms with Gasteiger partial charge in [0.2, 0.25) is 0 Å². The Balaban J connectivity index is 2.02. The Labute approximate surface area is 124 Å². The largest absolute Gasteiger partial charge is 0.385 e. The molecule has 0 aliphatic heterocycles. The first-order valence-corrected chi connectivity index (χ1v) is 7.29. The Morgan fingerprint density at radius 3 is 2.80 bits per heavy atom. The predicted molar refractivity (Wildman–Crippen MR) is 80.1 cm³/mol. The topological polar surface area (TPSA) is 38.1 Å². The quantitative estimate of drug-likeness (QED) is 0.923. The van der Waals surface area contributed by atoms with Gasteiger partial charge in [-0.3, -0.25) is 4.68 Å². The number of hydrogen-bond acceptors (Lipinski definition) is 2. The Bertz CT molecular complexity index is 677. The van der Waals surface area contributed by atoms with Crippen LogP contribution in [0.1, 0.15) is 34.5 Å². The Morgan fingerprint density at radius 1 is 1.40 bits per heavy atom. The molecule has 1 aromatic heterocycles. The van der Waals surface area contributed by atoms with Gasteiger partial charge in [0.25, 0.3) is 0 Å². The second-order valence-electron chi connectivity index (χ2n) is 5.84. The van der Waals surface area contributed by atoms with Crippen LogP contribution in [0.2, 0.25) is 5.02 Å². The highest BCUT2D eigenvalue weighted by Gasteiger charge is 2.38. The van der Waals surface area contributed by atoms with Crippen LogP contribution in [0.4, 0.5) is 0 Å². The number of halogens is 1. The summed E-state index contributed by atoms with van der Waals surface area (Å²) in [4.78, 5) is 0. The third kappa shape index (κ3) is 2.05. The number of aliphatic hydroxyl groups is 1. The number of rotatable bonds is 2. The zero-order valence-electron chi connectivity index (χ0n) is 12.1. The minimum atomic E-state index is -0.828. The number of aromatic nitrogens is 2. The van der Waals surface area contributed by atoms with E-state index in [4.69, 9.17) is 11.6 Å². The molecule has 1 aliphatic carbocycles. The molecule has 1 aliphatic rings. The summed E-state index contributed by atoms with van der Waals surface area (Å²) < 4.78 is 1.78. The van der Waals surface area contributed by atoms with Crippen LogP contribution >= 0.6 is 11.6 Å². The van der Waals surface area contributed by atoms with Crippen LogP contribution in [0, 0.1) is 13.8 Å². The molecule has 1 unspecified atom stereocenters. The van der Waals surface area contributed by atoms with Gasteiger partial charge in [-0.25, -0.2) is 0 Å². The first kappa shape index (κ1) is 13.7. The molecule has 0 saturated carbocycles. The lowest BCUT2D eigenvalue weighted by atomic mass is 9.90. The fourth-order valence-corrected chi connectivity index (χ4v) is 3.38. The number of nitrogens with zero attached hydrogens (tertiary/aromatic N) is 2. The zero-order chi connectivity index (χ0) is 14.5. The van der Waals surface area contributed by atoms with Gasteiger partial charge >= 0.3 is 0 Å². The lowest BCUT2D eigenvalue weighted by Gasteiger charge is -2.24. The molecule has 3 nitrogen and oxygen atoms in total. The molecule has 1 aromatic carbocycles. The second kappa shape index (κ2) is 4.61. The summed E-state index contributed by atoms with van der Waals surface area (Å²) in [5, 5.41) is 16.1. The summed E-state index contributed by atoms with van der Waals surface area (Å²) in [7, 11) is 1.88. The maximum Gasteiger partial charge on any atom is 0.0958 e. The van der Waals surface area contributed by atoms with E-state index >= 15 is 0 Å². The molecule has 0 spiro atoms. The summed E-state index contributed by atoms with van der Waals surface area (Å²) in [6.45, 7) is 3.95. The fourth-order valence-electron chi connectivity index (χ4n) is 3.15. The van der Waals surface area contributed by atoms with E-state index < -0.39 is 5.60 Å². The highest BCUT2D eigenvalue weighted by molar-refractivity contribution is 6.31. The first-order chi connectivity index (χ1) is 9.40. The molecule has 1 heterocycles. The van der Waals surface area contributed by atoms with Crippen molar-refractivity contribution in [2.24, 2.45) is 7.05 Å². The van der Waals surface area contributed by atoms with E-state index in [1.807, 2.05) is 14.0 Å². The third-order valence-corrected chi connectivity index (χ3v) is 4.79. The summed E-state index contributed by atoms with van der Waals surface area (Å²) in [5.74, 6) is 0. The van der Waals surface area contributed by atoms with Crippen molar-refractivity contribution in [2.75, 3.05) is 0 Å². The SMILES string of the molecule is Cc1ccc2c(c1)C(O)(Cc1c(Cl)c(C)nn1C)CC2. The average Bonchev–Trinajstić information content (AvgIpc) is 2.83. The summed E-state index contributed by atoms with van der Waals surface area (Å²) in [6.07, 6.45) is 2.17. The normalized spacial score (nSPS) is 21.2. The van der Waals surface area contributed by atoms with Crippen molar-refractivity contribution in [3.8, 4) is 0 Å². The fraction of sp³-hybridized carbons (Fsp3) is 0.438. The van der Waals surface area contributed by atoms with Crippen LogP contribution in [-0.2, 0) is 25.5 Å². The monoisotopic (exact) mass is 290 g/mol. The molecule has 0 radical (unpaired) electrons. The molecule has 0 fully saturated rings. The van der Waals surface area contributed by atoms with Crippen molar-refractivity contribution >= 4 is 11.6 Å². The van der Waals surface area contributed by atoms with E-state index in [1.54, 1.807) is 4.68 Å². The molecule has 0 saturated heterocycles. The van der Waals surface area contributed by atoms with Gasteiger partial charge in [-0.05, 0) is 37.8 Å². The third-order valence-electron chi connectivity index (χ3n) is 4.30. The Morgan fingerprint density at radius 2 is 2.15 bits per heavy atom. The van der Waals surface area contributed by atoms with Crippen molar-refractivity contribution in [2.45, 2.75) is 38.7 Å². The smallest absolute Gasteiger partial charge is 0.0958 e. The highest BCUT2D eigenvalue weighted by atomic mass is 35.5. The van der Waals surface area contributed by atoms with Gasteiger partial charge in [-0.1, -0.05) is 35.4 Å². The van der Waals surface area contributed by atoms with E-state index in [1.165, 1.54) is 11.1 Å². The van der Waals surface area contributed by atoms with Crippen LogP contribution in [0.25, 0.3) is 0 Å². The summed E-state index contributed by atoms with van der Waals surface area (Å²) in [6, 6.07) is 6.32. The Kier molecular flexibility index (Phi) is 3.14. The van der Waals surface area contributed by atoms with Crippen LogP contribution in [0.5, 0.6) is 0 Å².